The normalized spacial score (nSPS) is 35.1. The standard InChI is InChI=1S/C26H39N3O5/c1-5-13-27-14-9-11-25(6-2)19(22(27)31)20-23(32)29(15-7-8-17-30)21-24(33)28(18(3)4)16-10-12-26(20,21)34-25/h9-12,18-21,30H,5-8,13-17H2,1-4H3/t19-,20-,21?,25+,26-/m0/s1. The van der Waals surface area contributed by atoms with Gasteiger partial charge in [-0.05, 0) is 39.5 Å². The number of aliphatic hydroxyl groups excluding tert-OH is 1. The molecule has 0 aromatic carbocycles. The largest absolute Gasteiger partial charge is 0.396 e. The van der Waals surface area contributed by atoms with Crippen molar-refractivity contribution in [2.75, 3.05) is 32.8 Å². The van der Waals surface area contributed by atoms with Crippen LogP contribution in [-0.2, 0) is 19.1 Å². The molecule has 8 heteroatoms. The van der Waals surface area contributed by atoms with E-state index in [0.717, 1.165) is 6.42 Å². The molecule has 188 valence electrons. The number of likely N-dealkylation sites (tertiary alicyclic amines) is 1. The Morgan fingerprint density at radius 1 is 1.00 bits per heavy atom. The first-order chi connectivity index (χ1) is 16.3. The average Bonchev–Trinajstić information content (AvgIpc) is 3.09. The molecular formula is C26H39N3O5. The summed E-state index contributed by atoms with van der Waals surface area (Å²) in [5.41, 5.74) is -2.11. The quantitative estimate of drug-likeness (QED) is 0.428. The van der Waals surface area contributed by atoms with Gasteiger partial charge >= 0.3 is 0 Å². The van der Waals surface area contributed by atoms with E-state index in [-0.39, 0.29) is 30.4 Å². The molecule has 5 atom stereocenters. The van der Waals surface area contributed by atoms with E-state index in [2.05, 4.69) is 0 Å². The van der Waals surface area contributed by atoms with Gasteiger partial charge in [0.1, 0.15) is 11.6 Å². The number of amides is 3. The first kappa shape index (κ1) is 24.9. The van der Waals surface area contributed by atoms with Crippen LogP contribution >= 0.6 is 0 Å². The molecule has 4 heterocycles. The van der Waals surface area contributed by atoms with Crippen molar-refractivity contribution in [2.45, 2.75) is 76.7 Å². The number of nitrogens with zero attached hydrogens (tertiary/aromatic N) is 3. The van der Waals surface area contributed by atoms with Crippen molar-refractivity contribution in [2.24, 2.45) is 11.8 Å². The van der Waals surface area contributed by atoms with Gasteiger partial charge in [0, 0.05) is 38.8 Å². The minimum absolute atomic E-state index is 0.0283. The minimum atomic E-state index is -1.19. The molecule has 4 aliphatic heterocycles. The fourth-order valence-corrected chi connectivity index (χ4v) is 6.40. The molecule has 1 N–H and O–H groups in total. The van der Waals surface area contributed by atoms with Crippen LogP contribution in [0.4, 0.5) is 0 Å². The van der Waals surface area contributed by atoms with E-state index in [1.54, 1.807) is 9.80 Å². The third-order valence-corrected chi connectivity index (χ3v) is 7.98. The molecule has 2 fully saturated rings. The van der Waals surface area contributed by atoms with E-state index in [0.29, 0.717) is 45.4 Å². The fraction of sp³-hybridized carbons (Fsp3) is 0.731. The van der Waals surface area contributed by atoms with E-state index >= 15 is 0 Å². The molecule has 0 saturated carbocycles. The zero-order valence-corrected chi connectivity index (χ0v) is 20.9. The summed E-state index contributed by atoms with van der Waals surface area (Å²) in [6.45, 7) is 9.90. The first-order valence-corrected chi connectivity index (χ1v) is 12.8. The zero-order valence-electron chi connectivity index (χ0n) is 20.9. The number of rotatable bonds is 8. The molecular weight excluding hydrogens is 434 g/mol. The number of hydrogen-bond acceptors (Lipinski definition) is 5. The predicted molar refractivity (Wildman–Crippen MR) is 128 cm³/mol. The molecule has 2 saturated heterocycles. The molecule has 0 radical (unpaired) electrons. The highest BCUT2D eigenvalue weighted by molar-refractivity contribution is 6.00. The van der Waals surface area contributed by atoms with E-state index in [1.807, 2.05) is 56.9 Å². The van der Waals surface area contributed by atoms with Crippen LogP contribution in [0.2, 0.25) is 0 Å². The Labute approximate surface area is 202 Å². The zero-order chi connectivity index (χ0) is 24.7. The Hall–Kier alpha value is -2.19. The number of carbonyl (C=O) groups excluding carboxylic acids is 3. The fourth-order valence-electron chi connectivity index (χ4n) is 6.40. The molecule has 8 nitrogen and oxygen atoms in total. The summed E-state index contributed by atoms with van der Waals surface area (Å²) in [5, 5.41) is 9.30. The average molecular weight is 474 g/mol. The SMILES string of the molecule is CCCN1CC=C[C@@]2(CC)O[C@]34C=CCN(C(C)C)C(=O)C3N(CCCCO)C(=O)[C@@H]4[C@H]2C1=O. The molecule has 1 spiro atoms. The highest BCUT2D eigenvalue weighted by atomic mass is 16.5. The molecule has 0 aromatic heterocycles. The molecule has 4 aliphatic rings. The topological polar surface area (TPSA) is 90.4 Å². The van der Waals surface area contributed by atoms with Crippen LogP contribution in [0.3, 0.4) is 0 Å². The third-order valence-electron chi connectivity index (χ3n) is 7.98. The van der Waals surface area contributed by atoms with Crippen LogP contribution in [-0.4, -0.2) is 93.6 Å². The summed E-state index contributed by atoms with van der Waals surface area (Å²) < 4.78 is 6.90. The summed E-state index contributed by atoms with van der Waals surface area (Å²) in [6, 6.07) is -0.852. The van der Waals surface area contributed by atoms with Gasteiger partial charge in [0.15, 0.2) is 0 Å². The minimum Gasteiger partial charge on any atom is -0.396 e. The Morgan fingerprint density at radius 2 is 1.74 bits per heavy atom. The lowest BCUT2D eigenvalue weighted by Crippen LogP contribution is -2.57. The first-order valence-electron chi connectivity index (χ1n) is 12.8. The molecule has 0 aliphatic carbocycles. The van der Waals surface area contributed by atoms with Gasteiger partial charge in [-0.15, -0.1) is 0 Å². The highest BCUT2D eigenvalue weighted by Gasteiger charge is 2.75. The summed E-state index contributed by atoms with van der Waals surface area (Å²) in [7, 11) is 0. The van der Waals surface area contributed by atoms with Crippen molar-refractivity contribution in [1.29, 1.82) is 0 Å². The Morgan fingerprint density at radius 3 is 2.38 bits per heavy atom. The summed E-state index contributed by atoms with van der Waals surface area (Å²) >= 11 is 0. The van der Waals surface area contributed by atoms with Gasteiger partial charge in [-0.3, -0.25) is 14.4 Å². The van der Waals surface area contributed by atoms with Crippen LogP contribution in [0.15, 0.2) is 24.3 Å². The van der Waals surface area contributed by atoms with Gasteiger partial charge in [-0.1, -0.05) is 38.2 Å². The predicted octanol–water partition coefficient (Wildman–Crippen LogP) is 1.74. The molecule has 4 rings (SSSR count). The van der Waals surface area contributed by atoms with Crippen molar-refractivity contribution in [3.05, 3.63) is 24.3 Å². The van der Waals surface area contributed by atoms with Crippen LogP contribution in [0.1, 0.15) is 53.4 Å². The number of ether oxygens (including phenoxy) is 1. The summed E-state index contributed by atoms with van der Waals surface area (Å²) in [6.07, 6.45) is 10.3. The molecule has 3 amide bonds. The van der Waals surface area contributed by atoms with Gasteiger partial charge in [0.2, 0.25) is 17.7 Å². The maximum absolute atomic E-state index is 14.1. The maximum Gasteiger partial charge on any atom is 0.249 e. The summed E-state index contributed by atoms with van der Waals surface area (Å²) in [5.74, 6) is -1.82. The van der Waals surface area contributed by atoms with Crippen molar-refractivity contribution >= 4 is 17.7 Å². The van der Waals surface area contributed by atoms with Gasteiger partial charge in [-0.25, -0.2) is 0 Å². The highest BCUT2D eigenvalue weighted by Crippen LogP contribution is 2.58. The van der Waals surface area contributed by atoms with Crippen molar-refractivity contribution in [3.8, 4) is 0 Å². The number of aliphatic hydroxyl groups is 1. The van der Waals surface area contributed by atoms with Crippen LogP contribution in [0.25, 0.3) is 0 Å². The van der Waals surface area contributed by atoms with Crippen molar-refractivity contribution < 1.29 is 24.2 Å². The summed E-state index contributed by atoms with van der Waals surface area (Å²) in [4.78, 5) is 47.2. The molecule has 0 aromatic rings. The Balaban J connectivity index is 1.85. The number of fused-ring (bicyclic) bond motifs is 2. The van der Waals surface area contributed by atoms with Gasteiger partial charge < -0.3 is 24.5 Å². The van der Waals surface area contributed by atoms with E-state index in [9.17, 15) is 19.5 Å². The maximum atomic E-state index is 14.1. The number of carbonyl (C=O) groups is 3. The van der Waals surface area contributed by atoms with E-state index in [4.69, 9.17) is 4.74 Å². The van der Waals surface area contributed by atoms with E-state index < -0.39 is 29.1 Å². The lowest BCUT2D eigenvalue weighted by atomic mass is 9.73. The second-order valence-corrected chi connectivity index (χ2v) is 10.3. The number of unbranched alkanes of at least 4 members (excludes halogenated alkanes) is 1. The van der Waals surface area contributed by atoms with Crippen LogP contribution in [0, 0.1) is 11.8 Å². The van der Waals surface area contributed by atoms with E-state index in [1.165, 1.54) is 0 Å². The Bertz CT molecular complexity index is 886. The number of hydrogen-bond donors (Lipinski definition) is 1. The third kappa shape index (κ3) is 3.61. The van der Waals surface area contributed by atoms with Crippen molar-refractivity contribution in [3.63, 3.8) is 0 Å². The second kappa shape index (κ2) is 9.46. The van der Waals surface area contributed by atoms with Gasteiger partial charge in [0.05, 0.1) is 17.4 Å². The lowest BCUT2D eigenvalue weighted by molar-refractivity contribution is -0.155. The monoisotopic (exact) mass is 473 g/mol. The lowest BCUT2D eigenvalue weighted by Gasteiger charge is -2.39. The van der Waals surface area contributed by atoms with Crippen LogP contribution in [0.5, 0.6) is 0 Å². The second-order valence-electron chi connectivity index (χ2n) is 10.3. The molecule has 34 heavy (non-hydrogen) atoms. The van der Waals surface area contributed by atoms with Gasteiger partial charge in [-0.2, -0.15) is 0 Å². The Kier molecular flexibility index (Phi) is 6.93. The van der Waals surface area contributed by atoms with Gasteiger partial charge in [0.25, 0.3) is 0 Å². The van der Waals surface area contributed by atoms with Crippen LogP contribution < -0.4 is 0 Å². The molecule has 1 unspecified atom stereocenters. The smallest absolute Gasteiger partial charge is 0.249 e. The van der Waals surface area contributed by atoms with Crippen molar-refractivity contribution in [1.82, 2.24) is 14.7 Å². The molecule has 0 bridgehead atoms.